The van der Waals surface area contributed by atoms with E-state index in [9.17, 15) is 18.4 Å². The lowest BCUT2D eigenvalue weighted by Crippen LogP contribution is -2.37. The van der Waals surface area contributed by atoms with Gasteiger partial charge in [-0.25, -0.2) is 8.78 Å². The number of halogens is 2. The molecular formula is C20H20F2N2O3. The van der Waals surface area contributed by atoms with Crippen molar-refractivity contribution in [2.24, 2.45) is 0 Å². The van der Waals surface area contributed by atoms with Gasteiger partial charge >= 0.3 is 0 Å². The highest BCUT2D eigenvalue weighted by Gasteiger charge is 2.26. The summed E-state index contributed by atoms with van der Waals surface area (Å²) < 4.78 is 32.6. The van der Waals surface area contributed by atoms with Crippen LogP contribution in [0.4, 0.5) is 8.78 Å². The summed E-state index contributed by atoms with van der Waals surface area (Å²) in [6.07, 6.45) is 0.545. The molecule has 0 N–H and O–H groups in total. The molecule has 1 fully saturated rings. The average molecular weight is 374 g/mol. The fourth-order valence-electron chi connectivity index (χ4n) is 3.15. The van der Waals surface area contributed by atoms with Crippen LogP contribution in [0.15, 0.2) is 42.5 Å². The van der Waals surface area contributed by atoms with Gasteiger partial charge in [0.1, 0.15) is 17.4 Å². The van der Waals surface area contributed by atoms with E-state index in [1.807, 2.05) is 0 Å². The van der Waals surface area contributed by atoms with Crippen LogP contribution in [-0.4, -0.2) is 54.9 Å². The minimum atomic E-state index is -0.566. The third kappa shape index (κ3) is 4.07. The fourth-order valence-corrected chi connectivity index (χ4v) is 3.15. The summed E-state index contributed by atoms with van der Waals surface area (Å²) in [5.41, 5.74) is 0.162. The summed E-state index contributed by atoms with van der Waals surface area (Å²) in [6, 6.07) is 9.62. The highest BCUT2D eigenvalue weighted by atomic mass is 19.1. The van der Waals surface area contributed by atoms with Gasteiger partial charge in [0.25, 0.3) is 11.8 Å². The Morgan fingerprint density at radius 1 is 0.889 bits per heavy atom. The molecule has 0 saturated carbocycles. The standard InChI is InChI=1S/C20H20F2N2O3/c1-27-18-8-7-14(21)13-16(18)20(26)24-10-4-9-23(11-12-24)19(25)15-5-2-3-6-17(15)22/h2-3,5-8,13H,4,9-12H2,1H3. The maximum absolute atomic E-state index is 13.9. The number of methoxy groups -OCH3 is 1. The van der Waals surface area contributed by atoms with Crippen LogP contribution in [0.2, 0.25) is 0 Å². The molecule has 7 heteroatoms. The van der Waals surface area contributed by atoms with Crippen molar-refractivity contribution in [1.29, 1.82) is 0 Å². The number of carbonyl (C=O) groups is 2. The van der Waals surface area contributed by atoms with Crippen molar-refractivity contribution >= 4 is 11.8 Å². The summed E-state index contributed by atoms with van der Waals surface area (Å²) in [5, 5.41) is 0. The lowest BCUT2D eigenvalue weighted by atomic mass is 10.1. The summed E-state index contributed by atoms with van der Waals surface area (Å²) in [7, 11) is 1.42. The Morgan fingerprint density at radius 2 is 1.52 bits per heavy atom. The van der Waals surface area contributed by atoms with Gasteiger partial charge in [-0.1, -0.05) is 12.1 Å². The number of hydrogen-bond acceptors (Lipinski definition) is 3. The third-order valence-electron chi connectivity index (χ3n) is 4.57. The summed E-state index contributed by atoms with van der Waals surface area (Å²) >= 11 is 0. The van der Waals surface area contributed by atoms with E-state index in [0.29, 0.717) is 25.3 Å². The minimum Gasteiger partial charge on any atom is -0.496 e. The first-order chi connectivity index (χ1) is 13.0. The molecule has 0 aliphatic carbocycles. The Hall–Kier alpha value is -2.96. The molecule has 3 rings (SSSR count). The van der Waals surface area contributed by atoms with Crippen molar-refractivity contribution < 1.29 is 23.1 Å². The normalized spacial score (nSPS) is 14.6. The number of ether oxygens (including phenoxy) is 1. The lowest BCUT2D eigenvalue weighted by Gasteiger charge is -2.23. The quantitative estimate of drug-likeness (QED) is 0.830. The molecular weight excluding hydrogens is 354 g/mol. The molecule has 0 radical (unpaired) electrons. The largest absolute Gasteiger partial charge is 0.496 e. The first-order valence-corrected chi connectivity index (χ1v) is 8.68. The summed E-state index contributed by atoms with van der Waals surface area (Å²) in [6.45, 7) is 1.38. The predicted octanol–water partition coefficient (Wildman–Crippen LogP) is 2.96. The molecule has 142 valence electrons. The maximum Gasteiger partial charge on any atom is 0.257 e. The van der Waals surface area contributed by atoms with E-state index in [1.54, 1.807) is 11.0 Å². The van der Waals surface area contributed by atoms with E-state index in [2.05, 4.69) is 0 Å². The number of carbonyl (C=O) groups excluding carboxylic acids is 2. The van der Waals surface area contributed by atoms with Gasteiger partial charge in [-0.05, 0) is 36.8 Å². The van der Waals surface area contributed by atoms with E-state index < -0.39 is 17.5 Å². The molecule has 0 spiro atoms. The zero-order valence-electron chi connectivity index (χ0n) is 15.0. The van der Waals surface area contributed by atoms with Gasteiger partial charge in [0.2, 0.25) is 0 Å². The second-order valence-corrected chi connectivity index (χ2v) is 6.26. The molecule has 0 unspecified atom stereocenters. The van der Waals surface area contributed by atoms with Crippen molar-refractivity contribution in [2.45, 2.75) is 6.42 Å². The second kappa shape index (κ2) is 8.16. The topological polar surface area (TPSA) is 49.9 Å². The Kier molecular flexibility index (Phi) is 5.69. The van der Waals surface area contributed by atoms with E-state index >= 15 is 0 Å². The third-order valence-corrected chi connectivity index (χ3v) is 4.57. The Balaban J connectivity index is 1.73. The molecule has 0 bridgehead atoms. The maximum atomic E-state index is 13.9. The molecule has 0 atom stereocenters. The molecule has 2 aromatic carbocycles. The van der Waals surface area contributed by atoms with Gasteiger partial charge in [-0.15, -0.1) is 0 Å². The van der Waals surface area contributed by atoms with Gasteiger partial charge in [0.15, 0.2) is 0 Å². The number of amides is 2. The van der Waals surface area contributed by atoms with Gasteiger partial charge in [0.05, 0.1) is 18.2 Å². The van der Waals surface area contributed by atoms with Crippen molar-refractivity contribution in [2.75, 3.05) is 33.3 Å². The molecule has 1 heterocycles. The molecule has 1 saturated heterocycles. The van der Waals surface area contributed by atoms with E-state index in [0.717, 1.165) is 6.07 Å². The molecule has 1 aliphatic heterocycles. The number of rotatable bonds is 3. The highest BCUT2D eigenvalue weighted by molar-refractivity contribution is 5.97. The molecule has 1 aliphatic rings. The smallest absolute Gasteiger partial charge is 0.257 e. The van der Waals surface area contributed by atoms with Crippen molar-refractivity contribution in [3.63, 3.8) is 0 Å². The summed E-state index contributed by atoms with van der Waals surface area (Å²) in [4.78, 5) is 28.5. The molecule has 0 aromatic heterocycles. The Labute approximate surface area is 156 Å². The van der Waals surface area contributed by atoms with Crippen LogP contribution in [0.1, 0.15) is 27.1 Å². The first kappa shape index (κ1) is 18.8. The van der Waals surface area contributed by atoms with Crippen LogP contribution >= 0.6 is 0 Å². The monoisotopic (exact) mass is 374 g/mol. The van der Waals surface area contributed by atoms with E-state index in [1.165, 1.54) is 42.3 Å². The van der Waals surface area contributed by atoms with Crippen LogP contribution in [-0.2, 0) is 0 Å². The Bertz CT molecular complexity index is 857. The van der Waals surface area contributed by atoms with Crippen LogP contribution in [0.25, 0.3) is 0 Å². The number of hydrogen-bond donors (Lipinski definition) is 0. The van der Waals surface area contributed by atoms with Crippen LogP contribution in [0, 0.1) is 11.6 Å². The second-order valence-electron chi connectivity index (χ2n) is 6.26. The van der Waals surface area contributed by atoms with Crippen LogP contribution < -0.4 is 4.74 Å². The number of nitrogens with zero attached hydrogens (tertiary/aromatic N) is 2. The molecule has 2 amide bonds. The molecule has 5 nitrogen and oxygen atoms in total. The molecule has 2 aromatic rings. The Morgan fingerprint density at radius 3 is 2.15 bits per heavy atom. The SMILES string of the molecule is COc1ccc(F)cc1C(=O)N1CCCN(C(=O)c2ccccc2F)CC1. The zero-order chi connectivity index (χ0) is 19.4. The zero-order valence-corrected chi connectivity index (χ0v) is 15.0. The van der Waals surface area contributed by atoms with Gasteiger partial charge < -0.3 is 14.5 Å². The van der Waals surface area contributed by atoms with Gasteiger partial charge in [-0.2, -0.15) is 0 Å². The van der Waals surface area contributed by atoms with Gasteiger partial charge in [0, 0.05) is 26.2 Å². The van der Waals surface area contributed by atoms with E-state index in [-0.39, 0.29) is 30.1 Å². The summed E-state index contributed by atoms with van der Waals surface area (Å²) in [5.74, 6) is -1.54. The van der Waals surface area contributed by atoms with Crippen molar-refractivity contribution in [3.05, 3.63) is 65.2 Å². The van der Waals surface area contributed by atoms with Crippen LogP contribution in [0.5, 0.6) is 5.75 Å². The highest BCUT2D eigenvalue weighted by Crippen LogP contribution is 2.22. The number of benzene rings is 2. The predicted molar refractivity (Wildman–Crippen MR) is 95.8 cm³/mol. The fraction of sp³-hybridized carbons (Fsp3) is 0.300. The first-order valence-electron chi connectivity index (χ1n) is 8.68. The van der Waals surface area contributed by atoms with Gasteiger partial charge in [-0.3, -0.25) is 9.59 Å². The van der Waals surface area contributed by atoms with E-state index in [4.69, 9.17) is 4.74 Å². The lowest BCUT2D eigenvalue weighted by molar-refractivity contribution is 0.0714. The van der Waals surface area contributed by atoms with Crippen molar-refractivity contribution in [1.82, 2.24) is 9.80 Å². The van der Waals surface area contributed by atoms with Crippen LogP contribution in [0.3, 0.4) is 0 Å². The minimum absolute atomic E-state index is 0.0177. The molecule has 27 heavy (non-hydrogen) atoms. The van der Waals surface area contributed by atoms with Crippen molar-refractivity contribution in [3.8, 4) is 5.75 Å². The average Bonchev–Trinajstić information content (AvgIpc) is 2.93.